The van der Waals surface area contributed by atoms with Crippen molar-refractivity contribution in [3.63, 3.8) is 0 Å². The van der Waals surface area contributed by atoms with Gasteiger partial charge in [-0.1, -0.05) is 12.1 Å². The van der Waals surface area contributed by atoms with Crippen molar-refractivity contribution in [3.8, 4) is 28.3 Å². The first-order valence-electron chi connectivity index (χ1n) is 11.2. The van der Waals surface area contributed by atoms with Crippen molar-refractivity contribution < 1.29 is 9.47 Å². The van der Waals surface area contributed by atoms with E-state index in [4.69, 9.17) is 14.6 Å². The summed E-state index contributed by atoms with van der Waals surface area (Å²) in [6, 6.07) is 17.1. The summed E-state index contributed by atoms with van der Waals surface area (Å²) >= 11 is 0. The average molecular weight is 420 g/mol. The van der Waals surface area contributed by atoms with Crippen LogP contribution < -0.4 is 9.47 Å². The third-order valence-corrected chi connectivity index (χ3v) is 6.30. The fourth-order valence-corrected chi connectivity index (χ4v) is 4.54. The zero-order valence-electron chi connectivity index (χ0n) is 19.1. The Morgan fingerprint density at radius 2 is 1.71 bits per heavy atom. The minimum Gasteiger partial charge on any atom is -0.497 e. The van der Waals surface area contributed by atoms with E-state index in [9.17, 15) is 0 Å². The number of benzene rings is 2. The lowest BCUT2D eigenvalue weighted by Crippen LogP contribution is -2.28. The van der Waals surface area contributed by atoms with E-state index in [2.05, 4.69) is 49.9 Å². The molecular formula is C26H33N3O2. The average Bonchev–Trinajstić information content (AvgIpc) is 3.33. The Balaban J connectivity index is 1.40. The second-order valence-corrected chi connectivity index (χ2v) is 8.41. The van der Waals surface area contributed by atoms with Crippen LogP contribution in [0.1, 0.15) is 37.6 Å². The quantitative estimate of drug-likeness (QED) is 0.457. The summed E-state index contributed by atoms with van der Waals surface area (Å²) in [5.41, 5.74) is 5.49. The number of aryl methyl sites for hydroxylation is 1. The predicted molar refractivity (Wildman–Crippen MR) is 125 cm³/mol. The fraction of sp³-hybridized carbons (Fsp3) is 0.423. The first kappa shape index (κ1) is 21.4. The molecular weight excluding hydrogens is 386 g/mol. The smallest absolute Gasteiger partial charge is 0.119 e. The molecule has 1 aromatic heterocycles. The molecule has 4 rings (SSSR count). The van der Waals surface area contributed by atoms with Crippen LogP contribution in [0, 0.1) is 13.8 Å². The van der Waals surface area contributed by atoms with E-state index in [1.54, 1.807) is 7.11 Å². The third kappa shape index (κ3) is 4.77. The van der Waals surface area contributed by atoms with Gasteiger partial charge in [0.2, 0.25) is 0 Å². The number of methoxy groups -OCH3 is 1. The molecule has 1 aliphatic rings. The number of ether oxygens (including phenoxy) is 2. The molecule has 1 atom stereocenters. The molecule has 164 valence electrons. The molecule has 0 bridgehead atoms. The lowest BCUT2D eigenvalue weighted by atomic mass is 10.0. The molecule has 0 spiro atoms. The molecule has 0 radical (unpaired) electrons. The van der Waals surface area contributed by atoms with Gasteiger partial charge in [-0.15, -0.1) is 0 Å². The van der Waals surface area contributed by atoms with Crippen molar-refractivity contribution in [2.45, 2.75) is 46.1 Å². The van der Waals surface area contributed by atoms with Crippen molar-refractivity contribution >= 4 is 0 Å². The van der Waals surface area contributed by atoms with Gasteiger partial charge in [-0.2, -0.15) is 5.10 Å². The highest BCUT2D eigenvalue weighted by molar-refractivity contribution is 5.70. The Bertz CT molecular complexity index is 993. The van der Waals surface area contributed by atoms with Crippen molar-refractivity contribution in [3.05, 3.63) is 59.9 Å². The number of rotatable bonds is 8. The SMILES string of the molecule is COc1ccc(-c2c(C)nn(-c3ccc(OCCCN4CCCC4C)cc3)c2C)cc1. The molecule has 3 aromatic rings. The van der Waals surface area contributed by atoms with Gasteiger partial charge in [-0.05, 0) is 88.5 Å². The highest BCUT2D eigenvalue weighted by atomic mass is 16.5. The highest BCUT2D eigenvalue weighted by Crippen LogP contribution is 2.30. The van der Waals surface area contributed by atoms with Gasteiger partial charge < -0.3 is 14.4 Å². The van der Waals surface area contributed by atoms with Gasteiger partial charge in [0, 0.05) is 23.8 Å². The van der Waals surface area contributed by atoms with Gasteiger partial charge >= 0.3 is 0 Å². The maximum Gasteiger partial charge on any atom is 0.119 e. The molecule has 1 unspecified atom stereocenters. The topological polar surface area (TPSA) is 39.5 Å². The summed E-state index contributed by atoms with van der Waals surface area (Å²) in [6.07, 6.45) is 3.72. The summed E-state index contributed by atoms with van der Waals surface area (Å²) in [7, 11) is 1.69. The number of aromatic nitrogens is 2. The van der Waals surface area contributed by atoms with Crippen LogP contribution in [0.2, 0.25) is 0 Å². The van der Waals surface area contributed by atoms with Crippen molar-refractivity contribution in [1.82, 2.24) is 14.7 Å². The number of hydrogen-bond acceptors (Lipinski definition) is 4. The molecule has 1 fully saturated rings. The van der Waals surface area contributed by atoms with Crippen LogP contribution in [-0.2, 0) is 0 Å². The second-order valence-electron chi connectivity index (χ2n) is 8.41. The molecule has 1 aliphatic heterocycles. The van der Waals surface area contributed by atoms with Crippen LogP contribution in [-0.4, -0.2) is 47.5 Å². The Morgan fingerprint density at radius 3 is 2.35 bits per heavy atom. The van der Waals surface area contributed by atoms with E-state index in [1.165, 1.54) is 24.9 Å². The molecule has 31 heavy (non-hydrogen) atoms. The standard InChI is InChI=1S/C26H33N3O2/c1-19-7-5-16-28(19)17-6-18-31-25-14-10-23(11-15-25)29-21(3)26(20(2)27-29)22-8-12-24(30-4)13-9-22/h8-15,19H,5-7,16-18H2,1-4H3. The van der Waals surface area contributed by atoms with Gasteiger partial charge in [-0.25, -0.2) is 4.68 Å². The minimum absolute atomic E-state index is 0.725. The molecule has 0 saturated carbocycles. The van der Waals surface area contributed by atoms with Crippen LogP contribution in [0.4, 0.5) is 0 Å². The summed E-state index contributed by atoms with van der Waals surface area (Å²) < 4.78 is 13.3. The second kappa shape index (κ2) is 9.56. The molecule has 1 saturated heterocycles. The van der Waals surface area contributed by atoms with Crippen LogP contribution in [0.15, 0.2) is 48.5 Å². The van der Waals surface area contributed by atoms with E-state index >= 15 is 0 Å². The van der Waals surface area contributed by atoms with Gasteiger partial charge in [0.05, 0.1) is 25.1 Å². The maximum atomic E-state index is 5.97. The summed E-state index contributed by atoms with van der Waals surface area (Å²) in [4.78, 5) is 2.57. The molecule has 0 N–H and O–H groups in total. The molecule has 0 aliphatic carbocycles. The minimum atomic E-state index is 0.725. The Morgan fingerprint density at radius 1 is 1.00 bits per heavy atom. The van der Waals surface area contributed by atoms with E-state index < -0.39 is 0 Å². The van der Waals surface area contributed by atoms with E-state index in [1.807, 2.05) is 28.9 Å². The Hall–Kier alpha value is -2.79. The summed E-state index contributed by atoms with van der Waals surface area (Å²) in [6.45, 7) is 9.61. The lowest BCUT2D eigenvalue weighted by molar-refractivity contribution is 0.230. The number of hydrogen-bond donors (Lipinski definition) is 0. The van der Waals surface area contributed by atoms with Gasteiger partial charge in [0.25, 0.3) is 0 Å². The van der Waals surface area contributed by atoms with Crippen LogP contribution in [0.3, 0.4) is 0 Å². The monoisotopic (exact) mass is 419 g/mol. The van der Waals surface area contributed by atoms with E-state index in [-0.39, 0.29) is 0 Å². The fourth-order valence-electron chi connectivity index (χ4n) is 4.54. The predicted octanol–water partition coefficient (Wildman–Crippen LogP) is 5.42. The summed E-state index contributed by atoms with van der Waals surface area (Å²) in [5.74, 6) is 1.77. The molecule has 5 nitrogen and oxygen atoms in total. The van der Waals surface area contributed by atoms with Crippen LogP contribution >= 0.6 is 0 Å². The summed E-state index contributed by atoms with van der Waals surface area (Å²) in [5, 5.41) is 4.79. The first-order chi connectivity index (χ1) is 15.1. The normalized spacial score (nSPS) is 16.6. The van der Waals surface area contributed by atoms with Crippen molar-refractivity contribution in [1.29, 1.82) is 0 Å². The molecule has 2 aromatic carbocycles. The molecule has 5 heteroatoms. The van der Waals surface area contributed by atoms with Gasteiger partial charge in [0.15, 0.2) is 0 Å². The number of nitrogens with zero attached hydrogens (tertiary/aromatic N) is 3. The van der Waals surface area contributed by atoms with Gasteiger partial charge in [-0.3, -0.25) is 0 Å². The Labute approximate surface area is 185 Å². The highest BCUT2D eigenvalue weighted by Gasteiger charge is 2.19. The lowest BCUT2D eigenvalue weighted by Gasteiger charge is -2.20. The number of likely N-dealkylation sites (tertiary alicyclic amines) is 1. The van der Waals surface area contributed by atoms with Crippen LogP contribution in [0.25, 0.3) is 16.8 Å². The maximum absolute atomic E-state index is 5.97. The van der Waals surface area contributed by atoms with E-state index in [0.29, 0.717) is 0 Å². The van der Waals surface area contributed by atoms with E-state index in [0.717, 1.165) is 59.8 Å². The van der Waals surface area contributed by atoms with Crippen LogP contribution in [0.5, 0.6) is 11.5 Å². The van der Waals surface area contributed by atoms with Crippen molar-refractivity contribution in [2.75, 3.05) is 26.8 Å². The molecule has 2 heterocycles. The first-order valence-corrected chi connectivity index (χ1v) is 11.2. The zero-order chi connectivity index (χ0) is 21.8. The largest absolute Gasteiger partial charge is 0.497 e. The Kier molecular flexibility index (Phi) is 6.62. The van der Waals surface area contributed by atoms with Gasteiger partial charge in [0.1, 0.15) is 11.5 Å². The molecule has 0 amide bonds. The zero-order valence-corrected chi connectivity index (χ0v) is 19.1. The third-order valence-electron chi connectivity index (χ3n) is 6.30. The van der Waals surface area contributed by atoms with Crippen molar-refractivity contribution in [2.24, 2.45) is 0 Å².